The van der Waals surface area contributed by atoms with E-state index >= 15 is 0 Å². The Bertz CT molecular complexity index is 286. The largest absolute Gasteiger partial charge is 0.299 e. The van der Waals surface area contributed by atoms with Crippen LogP contribution in [0.2, 0.25) is 0 Å². The number of hydrogen-bond donors (Lipinski definition) is 0. The summed E-state index contributed by atoms with van der Waals surface area (Å²) in [4.78, 5) is 9.98. The van der Waals surface area contributed by atoms with Crippen molar-refractivity contribution in [1.29, 1.82) is 0 Å². The first-order valence-electron chi connectivity index (χ1n) is 3.36. The van der Waals surface area contributed by atoms with E-state index in [-0.39, 0.29) is 0 Å². The maximum absolute atomic E-state index is 9.98. The normalized spacial score (nSPS) is 10.7. The molecule has 0 aromatic carbocycles. The van der Waals surface area contributed by atoms with Crippen LogP contribution in [0.3, 0.4) is 0 Å². The molecular formula is C8H10N2O. The molecular weight excluding hydrogens is 140 g/mol. The van der Waals surface area contributed by atoms with Crippen molar-refractivity contribution in [2.24, 2.45) is 7.05 Å². The zero-order chi connectivity index (χ0) is 8.27. The molecule has 0 atom stereocenters. The van der Waals surface area contributed by atoms with E-state index in [4.69, 9.17) is 0 Å². The van der Waals surface area contributed by atoms with Crippen LogP contribution in [0.1, 0.15) is 11.3 Å². The lowest BCUT2D eigenvalue weighted by atomic mass is 10.2. The van der Waals surface area contributed by atoms with Crippen LogP contribution in [0.4, 0.5) is 0 Å². The number of nitrogens with zero attached hydrogens (tertiary/aromatic N) is 2. The summed E-state index contributed by atoms with van der Waals surface area (Å²) in [6, 6.07) is 0. The molecule has 0 saturated carbocycles. The average molecular weight is 150 g/mol. The molecule has 1 aromatic heterocycles. The van der Waals surface area contributed by atoms with E-state index in [0.29, 0.717) is 0 Å². The van der Waals surface area contributed by atoms with Crippen molar-refractivity contribution in [3.8, 4) is 0 Å². The number of aryl methyl sites for hydroxylation is 1. The lowest BCUT2D eigenvalue weighted by molar-refractivity contribution is -0.104. The highest BCUT2D eigenvalue weighted by molar-refractivity contribution is 5.74. The van der Waals surface area contributed by atoms with Crippen LogP contribution in [-0.4, -0.2) is 16.1 Å². The molecule has 0 bridgehead atoms. The number of carbonyl (C=O) groups excluding carboxylic acids is 1. The van der Waals surface area contributed by atoms with E-state index in [1.54, 1.807) is 17.0 Å². The van der Waals surface area contributed by atoms with Crippen molar-refractivity contribution >= 4 is 12.4 Å². The average Bonchev–Trinajstić information content (AvgIpc) is 2.31. The maximum atomic E-state index is 9.98. The predicted molar refractivity (Wildman–Crippen MR) is 43.0 cm³/mol. The molecule has 0 saturated heterocycles. The fourth-order valence-electron chi connectivity index (χ4n) is 0.822. The first-order valence-corrected chi connectivity index (χ1v) is 3.36. The van der Waals surface area contributed by atoms with Gasteiger partial charge in [0.2, 0.25) is 0 Å². The zero-order valence-corrected chi connectivity index (χ0v) is 6.61. The minimum atomic E-state index is 0.756. The Morgan fingerprint density at radius 1 is 1.64 bits per heavy atom. The van der Waals surface area contributed by atoms with Gasteiger partial charge in [-0.2, -0.15) is 5.10 Å². The van der Waals surface area contributed by atoms with Crippen LogP contribution in [0.15, 0.2) is 12.3 Å². The summed E-state index contributed by atoms with van der Waals surface area (Å²) in [5.74, 6) is 0. The molecule has 0 aliphatic carbocycles. The number of aromatic nitrogens is 2. The second kappa shape index (κ2) is 3.14. The van der Waals surface area contributed by atoms with Gasteiger partial charge >= 0.3 is 0 Å². The second-order valence-corrected chi connectivity index (χ2v) is 2.30. The number of allylic oxidation sites excluding steroid dienone is 1. The van der Waals surface area contributed by atoms with Gasteiger partial charge in [0.05, 0.1) is 6.20 Å². The van der Waals surface area contributed by atoms with Crippen molar-refractivity contribution in [3.63, 3.8) is 0 Å². The van der Waals surface area contributed by atoms with Gasteiger partial charge in [-0.3, -0.25) is 9.48 Å². The predicted octanol–water partition coefficient (Wildman–Crippen LogP) is 0.941. The highest BCUT2D eigenvalue weighted by Crippen LogP contribution is 2.06. The van der Waals surface area contributed by atoms with Crippen LogP contribution < -0.4 is 0 Å². The smallest absolute Gasteiger partial charge is 0.142 e. The Hall–Kier alpha value is -1.38. The third-order valence-corrected chi connectivity index (χ3v) is 1.63. The fraction of sp³-hybridized carbons (Fsp3) is 0.250. The van der Waals surface area contributed by atoms with Crippen LogP contribution >= 0.6 is 0 Å². The Morgan fingerprint density at radius 2 is 2.36 bits per heavy atom. The van der Waals surface area contributed by atoms with Gasteiger partial charge in [-0.15, -0.1) is 0 Å². The molecule has 1 aromatic rings. The SMILES string of the molecule is Cc1c(/C=C/C=O)cnn1C. The minimum absolute atomic E-state index is 0.756. The van der Waals surface area contributed by atoms with Crippen molar-refractivity contribution in [1.82, 2.24) is 9.78 Å². The van der Waals surface area contributed by atoms with E-state index in [1.165, 1.54) is 6.08 Å². The first kappa shape index (κ1) is 7.72. The number of rotatable bonds is 2. The molecule has 0 aliphatic heterocycles. The molecule has 0 spiro atoms. The van der Waals surface area contributed by atoms with E-state index in [1.807, 2.05) is 14.0 Å². The molecule has 0 unspecified atom stereocenters. The minimum Gasteiger partial charge on any atom is -0.299 e. The van der Waals surface area contributed by atoms with E-state index in [9.17, 15) is 4.79 Å². The highest BCUT2D eigenvalue weighted by atomic mass is 16.1. The molecule has 11 heavy (non-hydrogen) atoms. The topological polar surface area (TPSA) is 34.9 Å². The van der Waals surface area contributed by atoms with Crippen LogP contribution in [-0.2, 0) is 11.8 Å². The summed E-state index contributed by atoms with van der Waals surface area (Å²) < 4.78 is 1.77. The molecule has 0 amide bonds. The molecule has 3 heteroatoms. The van der Waals surface area contributed by atoms with Crippen LogP contribution in [0.25, 0.3) is 6.08 Å². The van der Waals surface area contributed by atoms with Gasteiger partial charge in [0, 0.05) is 18.3 Å². The Labute approximate surface area is 65.3 Å². The molecule has 0 aliphatic rings. The summed E-state index contributed by atoms with van der Waals surface area (Å²) in [5.41, 5.74) is 2.04. The lowest BCUT2D eigenvalue weighted by Gasteiger charge is -1.92. The highest BCUT2D eigenvalue weighted by Gasteiger charge is 1.97. The summed E-state index contributed by atoms with van der Waals surface area (Å²) in [7, 11) is 1.87. The quantitative estimate of drug-likeness (QED) is 0.464. The molecule has 1 heterocycles. The molecule has 3 nitrogen and oxygen atoms in total. The Kier molecular flexibility index (Phi) is 2.21. The number of hydrogen-bond acceptors (Lipinski definition) is 2. The van der Waals surface area contributed by atoms with E-state index in [0.717, 1.165) is 17.5 Å². The van der Waals surface area contributed by atoms with Gasteiger partial charge in [-0.25, -0.2) is 0 Å². The Morgan fingerprint density at radius 3 is 2.82 bits per heavy atom. The van der Waals surface area contributed by atoms with Crippen molar-refractivity contribution in [3.05, 3.63) is 23.5 Å². The van der Waals surface area contributed by atoms with E-state index in [2.05, 4.69) is 5.10 Å². The van der Waals surface area contributed by atoms with Gasteiger partial charge in [-0.05, 0) is 19.1 Å². The van der Waals surface area contributed by atoms with Crippen LogP contribution in [0.5, 0.6) is 0 Å². The summed E-state index contributed by atoms with van der Waals surface area (Å²) in [6.07, 6.45) is 5.70. The van der Waals surface area contributed by atoms with E-state index < -0.39 is 0 Å². The van der Waals surface area contributed by atoms with Gasteiger partial charge < -0.3 is 0 Å². The standard InChI is InChI=1S/C8H10N2O/c1-7-8(4-3-5-11)6-9-10(7)2/h3-6H,1-2H3/b4-3+. The lowest BCUT2D eigenvalue weighted by Crippen LogP contribution is -1.92. The molecule has 1 rings (SSSR count). The summed E-state index contributed by atoms with van der Waals surface area (Å²) >= 11 is 0. The molecule has 0 radical (unpaired) electrons. The van der Waals surface area contributed by atoms with Crippen molar-refractivity contribution in [2.45, 2.75) is 6.92 Å². The molecule has 58 valence electrons. The number of aldehydes is 1. The Balaban J connectivity index is 2.95. The van der Waals surface area contributed by atoms with Crippen molar-refractivity contribution < 1.29 is 4.79 Å². The summed E-state index contributed by atoms with van der Waals surface area (Å²) in [5, 5.41) is 4.02. The van der Waals surface area contributed by atoms with Crippen LogP contribution in [0, 0.1) is 6.92 Å². The van der Waals surface area contributed by atoms with Gasteiger partial charge in [-0.1, -0.05) is 0 Å². The molecule has 0 fully saturated rings. The third kappa shape index (κ3) is 1.55. The summed E-state index contributed by atoms with van der Waals surface area (Å²) in [6.45, 7) is 1.96. The molecule has 0 N–H and O–H groups in total. The monoisotopic (exact) mass is 150 g/mol. The maximum Gasteiger partial charge on any atom is 0.142 e. The van der Waals surface area contributed by atoms with Gasteiger partial charge in [0.15, 0.2) is 0 Å². The zero-order valence-electron chi connectivity index (χ0n) is 6.61. The first-order chi connectivity index (χ1) is 5.25. The van der Waals surface area contributed by atoms with Gasteiger partial charge in [0.25, 0.3) is 0 Å². The number of carbonyl (C=O) groups is 1. The van der Waals surface area contributed by atoms with Crippen molar-refractivity contribution in [2.75, 3.05) is 0 Å². The second-order valence-electron chi connectivity index (χ2n) is 2.30. The van der Waals surface area contributed by atoms with Gasteiger partial charge in [0.1, 0.15) is 6.29 Å². The fourth-order valence-corrected chi connectivity index (χ4v) is 0.822. The third-order valence-electron chi connectivity index (χ3n) is 1.63.